The Labute approximate surface area is 153 Å². The number of carbonyl (C=O) groups excluding carboxylic acids is 1. The smallest absolute Gasteiger partial charge is 0.253 e. The lowest BCUT2D eigenvalue weighted by Gasteiger charge is -2.12. The SMILES string of the molecule is COc1cccc(CCNc2cncc(C(=O)NCC3CCCO3)c2)c1. The summed E-state index contributed by atoms with van der Waals surface area (Å²) in [7, 11) is 1.67. The second-order valence-electron chi connectivity index (χ2n) is 6.34. The number of anilines is 1. The lowest BCUT2D eigenvalue weighted by molar-refractivity contribution is 0.0857. The van der Waals surface area contributed by atoms with Crippen molar-refractivity contribution in [3.63, 3.8) is 0 Å². The van der Waals surface area contributed by atoms with Crippen LogP contribution in [0.3, 0.4) is 0 Å². The molecule has 0 radical (unpaired) electrons. The number of rotatable bonds is 8. The molecular weight excluding hydrogens is 330 g/mol. The highest BCUT2D eigenvalue weighted by Gasteiger charge is 2.16. The van der Waals surface area contributed by atoms with Gasteiger partial charge in [0.2, 0.25) is 0 Å². The van der Waals surface area contributed by atoms with Crippen molar-refractivity contribution in [1.82, 2.24) is 10.3 Å². The van der Waals surface area contributed by atoms with Gasteiger partial charge in [0.1, 0.15) is 5.75 Å². The molecule has 3 rings (SSSR count). The van der Waals surface area contributed by atoms with Crippen molar-refractivity contribution in [3.05, 3.63) is 53.9 Å². The van der Waals surface area contributed by atoms with Crippen LogP contribution in [0.1, 0.15) is 28.8 Å². The number of nitrogens with one attached hydrogen (secondary N) is 2. The van der Waals surface area contributed by atoms with Gasteiger partial charge in [0, 0.05) is 32.1 Å². The third kappa shape index (κ3) is 5.20. The number of ether oxygens (including phenoxy) is 2. The summed E-state index contributed by atoms with van der Waals surface area (Å²) in [5, 5.41) is 6.23. The van der Waals surface area contributed by atoms with Crippen LogP contribution in [0.5, 0.6) is 5.75 Å². The van der Waals surface area contributed by atoms with Crippen molar-refractivity contribution >= 4 is 11.6 Å². The normalized spacial score (nSPS) is 16.3. The second kappa shape index (κ2) is 9.20. The van der Waals surface area contributed by atoms with E-state index in [9.17, 15) is 4.79 Å². The van der Waals surface area contributed by atoms with Gasteiger partial charge in [-0.1, -0.05) is 12.1 Å². The first-order valence-electron chi connectivity index (χ1n) is 8.96. The van der Waals surface area contributed by atoms with E-state index in [2.05, 4.69) is 21.7 Å². The number of hydrogen-bond acceptors (Lipinski definition) is 5. The molecule has 26 heavy (non-hydrogen) atoms. The average Bonchev–Trinajstić information content (AvgIpc) is 3.20. The maximum absolute atomic E-state index is 12.3. The maximum atomic E-state index is 12.3. The van der Waals surface area contributed by atoms with E-state index < -0.39 is 0 Å². The highest BCUT2D eigenvalue weighted by Crippen LogP contribution is 2.14. The van der Waals surface area contributed by atoms with Crippen LogP contribution < -0.4 is 15.4 Å². The molecule has 1 aromatic heterocycles. The molecule has 1 saturated heterocycles. The van der Waals surface area contributed by atoms with Crippen LogP contribution in [0, 0.1) is 0 Å². The largest absolute Gasteiger partial charge is 0.497 e. The Balaban J connectivity index is 1.49. The van der Waals surface area contributed by atoms with E-state index in [0.717, 1.165) is 43.9 Å². The van der Waals surface area contributed by atoms with Gasteiger partial charge in [0.15, 0.2) is 0 Å². The summed E-state index contributed by atoms with van der Waals surface area (Å²) in [5.41, 5.74) is 2.57. The standard InChI is InChI=1S/C20H25N3O3/c1-25-18-5-2-4-15(10-18)7-8-22-17-11-16(12-21-13-17)20(24)23-14-19-6-3-9-26-19/h2,4-5,10-13,19,22H,3,6-9,14H2,1H3,(H,23,24). The molecule has 1 aromatic carbocycles. The molecule has 1 aliphatic heterocycles. The maximum Gasteiger partial charge on any atom is 0.253 e. The Morgan fingerprint density at radius 3 is 3.08 bits per heavy atom. The Morgan fingerprint density at radius 1 is 1.35 bits per heavy atom. The minimum atomic E-state index is -0.121. The number of hydrogen-bond donors (Lipinski definition) is 2. The van der Waals surface area contributed by atoms with Gasteiger partial charge in [0.05, 0.1) is 24.5 Å². The van der Waals surface area contributed by atoms with Gasteiger partial charge in [-0.25, -0.2) is 0 Å². The number of amides is 1. The molecule has 2 aromatic rings. The van der Waals surface area contributed by atoms with E-state index in [0.29, 0.717) is 12.1 Å². The Kier molecular flexibility index (Phi) is 6.44. The minimum Gasteiger partial charge on any atom is -0.497 e. The van der Waals surface area contributed by atoms with Gasteiger partial charge in [-0.3, -0.25) is 9.78 Å². The highest BCUT2D eigenvalue weighted by molar-refractivity contribution is 5.94. The third-order valence-electron chi connectivity index (χ3n) is 4.39. The van der Waals surface area contributed by atoms with E-state index in [4.69, 9.17) is 9.47 Å². The molecule has 6 nitrogen and oxygen atoms in total. The topological polar surface area (TPSA) is 72.5 Å². The molecule has 1 atom stereocenters. The summed E-state index contributed by atoms with van der Waals surface area (Å²) < 4.78 is 10.8. The molecular formula is C20H25N3O3. The molecule has 2 heterocycles. The Bertz CT molecular complexity index is 730. The van der Waals surface area contributed by atoms with E-state index >= 15 is 0 Å². The van der Waals surface area contributed by atoms with Gasteiger partial charge >= 0.3 is 0 Å². The second-order valence-corrected chi connectivity index (χ2v) is 6.34. The van der Waals surface area contributed by atoms with Crippen molar-refractivity contribution < 1.29 is 14.3 Å². The molecule has 2 N–H and O–H groups in total. The summed E-state index contributed by atoms with van der Waals surface area (Å²) in [5.74, 6) is 0.735. The number of methoxy groups -OCH3 is 1. The molecule has 0 bridgehead atoms. The minimum absolute atomic E-state index is 0.121. The number of carbonyl (C=O) groups is 1. The van der Waals surface area contributed by atoms with Gasteiger partial charge in [-0.2, -0.15) is 0 Å². The highest BCUT2D eigenvalue weighted by atomic mass is 16.5. The van der Waals surface area contributed by atoms with Gasteiger partial charge in [-0.05, 0) is 43.0 Å². The van der Waals surface area contributed by atoms with Gasteiger partial charge < -0.3 is 20.1 Å². The van der Waals surface area contributed by atoms with E-state index in [1.807, 2.05) is 24.3 Å². The first-order valence-corrected chi connectivity index (χ1v) is 8.96. The molecule has 6 heteroatoms. The molecule has 1 unspecified atom stereocenters. The van der Waals surface area contributed by atoms with Crippen molar-refractivity contribution in [2.24, 2.45) is 0 Å². The summed E-state index contributed by atoms with van der Waals surface area (Å²) in [6.07, 6.45) is 6.36. The van der Waals surface area contributed by atoms with Crippen molar-refractivity contribution in [1.29, 1.82) is 0 Å². The van der Waals surface area contributed by atoms with Crippen LogP contribution in [0.15, 0.2) is 42.7 Å². The molecule has 1 aliphatic rings. The van der Waals surface area contributed by atoms with Crippen molar-refractivity contribution in [2.45, 2.75) is 25.4 Å². The molecule has 0 aliphatic carbocycles. The zero-order valence-electron chi connectivity index (χ0n) is 15.0. The fraction of sp³-hybridized carbons (Fsp3) is 0.400. The molecule has 0 saturated carbocycles. The third-order valence-corrected chi connectivity index (χ3v) is 4.39. The summed E-state index contributed by atoms with van der Waals surface area (Å²) >= 11 is 0. The number of nitrogens with zero attached hydrogens (tertiary/aromatic N) is 1. The Hall–Kier alpha value is -2.60. The predicted octanol–water partition coefficient (Wildman–Crippen LogP) is 2.65. The summed E-state index contributed by atoms with van der Waals surface area (Å²) in [4.78, 5) is 16.4. The van der Waals surface area contributed by atoms with Crippen LogP contribution >= 0.6 is 0 Å². The number of pyridine rings is 1. The van der Waals surface area contributed by atoms with E-state index in [1.54, 1.807) is 19.5 Å². The lowest BCUT2D eigenvalue weighted by atomic mass is 10.1. The van der Waals surface area contributed by atoms with Crippen LogP contribution in [0.2, 0.25) is 0 Å². The quantitative estimate of drug-likeness (QED) is 0.762. The zero-order valence-corrected chi connectivity index (χ0v) is 15.0. The van der Waals surface area contributed by atoms with Crippen molar-refractivity contribution in [2.75, 3.05) is 32.1 Å². The van der Waals surface area contributed by atoms with E-state index in [-0.39, 0.29) is 12.0 Å². The summed E-state index contributed by atoms with van der Waals surface area (Å²) in [6, 6.07) is 9.82. The van der Waals surface area contributed by atoms with Crippen LogP contribution in [0.4, 0.5) is 5.69 Å². The van der Waals surface area contributed by atoms with E-state index in [1.165, 1.54) is 5.56 Å². The van der Waals surface area contributed by atoms with Crippen LogP contribution in [0.25, 0.3) is 0 Å². The summed E-state index contributed by atoms with van der Waals surface area (Å²) in [6.45, 7) is 2.08. The zero-order chi connectivity index (χ0) is 18.2. The van der Waals surface area contributed by atoms with Crippen molar-refractivity contribution in [3.8, 4) is 5.75 Å². The first-order chi connectivity index (χ1) is 12.7. The lowest BCUT2D eigenvalue weighted by Crippen LogP contribution is -2.31. The Morgan fingerprint density at radius 2 is 2.27 bits per heavy atom. The first kappa shape index (κ1) is 18.2. The number of benzene rings is 1. The number of aromatic nitrogens is 1. The average molecular weight is 355 g/mol. The molecule has 1 fully saturated rings. The molecule has 0 spiro atoms. The molecule has 1 amide bonds. The van der Waals surface area contributed by atoms with Crippen LogP contribution in [-0.4, -0.2) is 43.8 Å². The van der Waals surface area contributed by atoms with Crippen LogP contribution in [-0.2, 0) is 11.2 Å². The van der Waals surface area contributed by atoms with Gasteiger partial charge in [0.25, 0.3) is 5.91 Å². The monoisotopic (exact) mass is 355 g/mol. The molecule has 138 valence electrons. The van der Waals surface area contributed by atoms with Gasteiger partial charge in [-0.15, -0.1) is 0 Å². The fourth-order valence-electron chi connectivity index (χ4n) is 2.95. The predicted molar refractivity (Wildman–Crippen MR) is 101 cm³/mol. The fourth-order valence-corrected chi connectivity index (χ4v) is 2.95.